The SMILES string of the molecule is CC(C)C1CCC(O)(c2ccc3c(c2)CCO3)CC1. The molecular formula is C17H24O2. The average Bonchev–Trinajstić information content (AvgIpc) is 2.86. The fourth-order valence-corrected chi connectivity index (χ4v) is 3.55. The molecule has 0 aromatic heterocycles. The maximum atomic E-state index is 10.9. The first-order valence-corrected chi connectivity index (χ1v) is 7.57. The molecule has 1 N–H and O–H groups in total. The second-order valence-electron chi connectivity index (χ2n) is 6.53. The summed E-state index contributed by atoms with van der Waals surface area (Å²) in [6, 6.07) is 6.25. The van der Waals surface area contributed by atoms with E-state index in [-0.39, 0.29) is 0 Å². The molecule has 104 valence electrons. The Morgan fingerprint density at radius 1 is 1.26 bits per heavy atom. The molecule has 0 bridgehead atoms. The minimum atomic E-state index is -0.608. The van der Waals surface area contributed by atoms with Crippen LogP contribution in [-0.2, 0) is 12.0 Å². The fraction of sp³-hybridized carbons (Fsp3) is 0.647. The van der Waals surface area contributed by atoms with Crippen molar-refractivity contribution in [3.05, 3.63) is 29.3 Å². The first kappa shape index (κ1) is 13.0. The third kappa shape index (κ3) is 2.38. The van der Waals surface area contributed by atoms with Crippen LogP contribution in [-0.4, -0.2) is 11.7 Å². The van der Waals surface area contributed by atoms with Crippen LogP contribution >= 0.6 is 0 Å². The van der Waals surface area contributed by atoms with E-state index < -0.39 is 5.60 Å². The van der Waals surface area contributed by atoms with Gasteiger partial charge in [0.15, 0.2) is 0 Å². The predicted molar refractivity (Wildman–Crippen MR) is 76.3 cm³/mol. The van der Waals surface area contributed by atoms with Gasteiger partial charge in [-0.2, -0.15) is 0 Å². The number of hydrogen-bond acceptors (Lipinski definition) is 2. The second kappa shape index (κ2) is 4.82. The third-order valence-electron chi connectivity index (χ3n) is 5.03. The summed E-state index contributed by atoms with van der Waals surface area (Å²) in [6.45, 7) is 5.37. The first-order valence-electron chi connectivity index (χ1n) is 7.57. The van der Waals surface area contributed by atoms with Crippen molar-refractivity contribution in [2.45, 2.75) is 51.6 Å². The molecule has 1 heterocycles. The van der Waals surface area contributed by atoms with Gasteiger partial charge in [-0.05, 0) is 60.8 Å². The van der Waals surface area contributed by atoms with E-state index >= 15 is 0 Å². The van der Waals surface area contributed by atoms with Crippen LogP contribution < -0.4 is 4.74 Å². The maximum Gasteiger partial charge on any atom is 0.122 e. The molecule has 0 amide bonds. The van der Waals surface area contributed by atoms with Gasteiger partial charge >= 0.3 is 0 Å². The number of rotatable bonds is 2. The molecule has 2 nitrogen and oxygen atoms in total. The van der Waals surface area contributed by atoms with Gasteiger partial charge in [-0.15, -0.1) is 0 Å². The molecule has 1 aromatic carbocycles. The van der Waals surface area contributed by atoms with Crippen LogP contribution in [0.3, 0.4) is 0 Å². The van der Waals surface area contributed by atoms with Gasteiger partial charge in [-0.1, -0.05) is 19.9 Å². The Hall–Kier alpha value is -1.02. The fourth-order valence-electron chi connectivity index (χ4n) is 3.55. The summed E-state index contributed by atoms with van der Waals surface area (Å²) >= 11 is 0. The highest BCUT2D eigenvalue weighted by molar-refractivity contribution is 5.41. The summed E-state index contributed by atoms with van der Waals surface area (Å²) < 4.78 is 5.54. The Morgan fingerprint density at radius 2 is 2.00 bits per heavy atom. The predicted octanol–water partition coefficient (Wildman–Crippen LogP) is 3.66. The zero-order valence-electron chi connectivity index (χ0n) is 12.0. The highest BCUT2D eigenvalue weighted by Crippen LogP contribution is 2.43. The van der Waals surface area contributed by atoms with Gasteiger partial charge in [0.1, 0.15) is 5.75 Å². The zero-order valence-corrected chi connectivity index (χ0v) is 12.0. The van der Waals surface area contributed by atoms with Crippen molar-refractivity contribution < 1.29 is 9.84 Å². The van der Waals surface area contributed by atoms with Gasteiger partial charge in [0, 0.05) is 6.42 Å². The largest absolute Gasteiger partial charge is 0.493 e. The van der Waals surface area contributed by atoms with Gasteiger partial charge < -0.3 is 9.84 Å². The van der Waals surface area contributed by atoms with Crippen LogP contribution in [0.1, 0.15) is 50.7 Å². The van der Waals surface area contributed by atoms with E-state index in [1.807, 2.05) is 6.07 Å². The molecule has 0 unspecified atom stereocenters. The number of fused-ring (bicyclic) bond motifs is 1. The molecule has 1 aromatic rings. The van der Waals surface area contributed by atoms with Crippen LogP contribution in [0.25, 0.3) is 0 Å². The van der Waals surface area contributed by atoms with Crippen LogP contribution in [0.15, 0.2) is 18.2 Å². The lowest BCUT2D eigenvalue weighted by molar-refractivity contribution is -0.0200. The van der Waals surface area contributed by atoms with E-state index in [0.29, 0.717) is 0 Å². The Labute approximate surface area is 115 Å². The summed E-state index contributed by atoms with van der Waals surface area (Å²) in [5, 5.41) is 10.9. The van der Waals surface area contributed by atoms with E-state index in [1.54, 1.807) is 0 Å². The number of aliphatic hydroxyl groups is 1. The standard InChI is InChI=1S/C17H24O2/c1-12(2)13-5-8-17(18,9-6-13)15-3-4-16-14(11-15)7-10-19-16/h3-4,11-13,18H,5-10H2,1-2H3. The van der Waals surface area contributed by atoms with Crippen LogP contribution in [0, 0.1) is 11.8 Å². The van der Waals surface area contributed by atoms with E-state index in [0.717, 1.165) is 61.9 Å². The quantitative estimate of drug-likeness (QED) is 0.879. The van der Waals surface area contributed by atoms with E-state index in [1.165, 1.54) is 5.56 Å². The van der Waals surface area contributed by atoms with Gasteiger partial charge in [0.25, 0.3) is 0 Å². The zero-order chi connectivity index (χ0) is 13.5. The highest BCUT2D eigenvalue weighted by atomic mass is 16.5. The molecular weight excluding hydrogens is 236 g/mol. The summed E-state index contributed by atoms with van der Waals surface area (Å²) in [5.74, 6) is 2.51. The average molecular weight is 260 g/mol. The smallest absolute Gasteiger partial charge is 0.122 e. The Morgan fingerprint density at radius 3 is 2.68 bits per heavy atom. The monoisotopic (exact) mass is 260 g/mol. The lowest BCUT2D eigenvalue weighted by Gasteiger charge is -2.38. The van der Waals surface area contributed by atoms with Crippen LogP contribution in [0.5, 0.6) is 5.75 Å². The summed E-state index contributed by atoms with van der Waals surface area (Å²) in [7, 11) is 0. The number of ether oxygens (including phenoxy) is 1. The van der Waals surface area contributed by atoms with Crippen molar-refractivity contribution in [2.24, 2.45) is 11.8 Å². The first-order chi connectivity index (χ1) is 9.08. The maximum absolute atomic E-state index is 10.9. The van der Waals surface area contributed by atoms with Gasteiger partial charge in [-0.25, -0.2) is 0 Å². The van der Waals surface area contributed by atoms with Crippen molar-refractivity contribution in [1.82, 2.24) is 0 Å². The second-order valence-corrected chi connectivity index (χ2v) is 6.53. The van der Waals surface area contributed by atoms with Gasteiger partial charge in [0.2, 0.25) is 0 Å². The molecule has 1 fully saturated rings. The summed E-state index contributed by atoms with van der Waals surface area (Å²) in [4.78, 5) is 0. The Balaban J connectivity index is 1.78. The summed E-state index contributed by atoms with van der Waals surface area (Å²) in [5.41, 5.74) is 1.75. The molecule has 1 aliphatic carbocycles. The molecule has 19 heavy (non-hydrogen) atoms. The topological polar surface area (TPSA) is 29.5 Å². The summed E-state index contributed by atoms with van der Waals surface area (Å²) in [6.07, 6.45) is 5.06. The lowest BCUT2D eigenvalue weighted by Crippen LogP contribution is -2.32. The van der Waals surface area contributed by atoms with Gasteiger partial charge in [-0.3, -0.25) is 0 Å². The van der Waals surface area contributed by atoms with Crippen molar-refractivity contribution >= 4 is 0 Å². The highest BCUT2D eigenvalue weighted by Gasteiger charge is 2.36. The van der Waals surface area contributed by atoms with Crippen molar-refractivity contribution in [3.63, 3.8) is 0 Å². The minimum Gasteiger partial charge on any atom is -0.493 e. The molecule has 0 radical (unpaired) electrons. The Bertz CT molecular complexity index is 456. The van der Waals surface area contributed by atoms with E-state index in [4.69, 9.17) is 4.74 Å². The minimum absolute atomic E-state index is 0.608. The molecule has 2 aliphatic rings. The van der Waals surface area contributed by atoms with Crippen molar-refractivity contribution in [3.8, 4) is 5.75 Å². The van der Waals surface area contributed by atoms with Gasteiger partial charge in [0.05, 0.1) is 12.2 Å². The van der Waals surface area contributed by atoms with Crippen LogP contribution in [0.4, 0.5) is 0 Å². The molecule has 0 spiro atoms. The molecule has 2 heteroatoms. The van der Waals surface area contributed by atoms with Crippen molar-refractivity contribution in [1.29, 1.82) is 0 Å². The van der Waals surface area contributed by atoms with Crippen LogP contribution in [0.2, 0.25) is 0 Å². The molecule has 0 atom stereocenters. The third-order valence-corrected chi connectivity index (χ3v) is 5.03. The van der Waals surface area contributed by atoms with E-state index in [9.17, 15) is 5.11 Å². The molecule has 1 saturated carbocycles. The molecule has 1 aliphatic heterocycles. The molecule has 0 saturated heterocycles. The molecule has 3 rings (SSSR count). The van der Waals surface area contributed by atoms with E-state index in [2.05, 4.69) is 26.0 Å². The van der Waals surface area contributed by atoms with Crippen molar-refractivity contribution in [2.75, 3.05) is 6.61 Å². The number of hydrogen-bond donors (Lipinski definition) is 1. The number of benzene rings is 1. The normalized spacial score (nSPS) is 30.2. The Kier molecular flexibility index (Phi) is 3.30. The lowest BCUT2D eigenvalue weighted by atomic mass is 9.72.